The van der Waals surface area contributed by atoms with E-state index in [0.29, 0.717) is 19.0 Å². The van der Waals surface area contributed by atoms with Crippen LogP contribution in [0.5, 0.6) is 0 Å². The van der Waals surface area contributed by atoms with Crippen molar-refractivity contribution in [1.29, 1.82) is 0 Å². The molecule has 1 saturated carbocycles. The third-order valence-corrected chi connectivity index (χ3v) is 3.39. The lowest BCUT2D eigenvalue weighted by Gasteiger charge is -2.27. The molecule has 1 aromatic rings. The van der Waals surface area contributed by atoms with E-state index >= 15 is 0 Å². The maximum absolute atomic E-state index is 12.4. The quantitative estimate of drug-likeness (QED) is 0.845. The molecule has 3 heteroatoms. The minimum Gasteiger partial charge on any atom is -0.398 e. The zero-order chi connectivity index (χ0) is 14.0. The lowest BCUT2D eigenvalue weighted by atomic mass is 9.91. The number of carbonyl (C=O) groups excluding carboxylic acids is 1. The van der Waals surface area contributed by atoms with E-state index in [2.05, 4.69) is 20.8 Å². The SMILES string of the molecule is CC(C)(C)CC(=O)N(Cc1ccccc1N)C1CC1. The standard InChI is InChI=1S/C16H24N2O/c1-16(2,3)10-15(19)18(13-8-9-13)11-12-6-4-5-7-14(12)17/h4-7,13H,8-11,17H2,1-3H3. The topological polar surface area (TPSA) is 46.3 Å². The fourth-order valence-corrected chi connectivity index (χ4v) is 2.22. The molecule has 0 aromatic heterocycles. The Labute approximate surface area is 115 Å². The van der Waals surface area contributed by atoms with Crippen LogP contribution in [-0.2, 0) is 11.3 Å². The summed E-state index contributed by atoms with van der Waals surface area (Å²) in [5.74, 6) is 0.248. The average Bonchev–Trinajstić information content (AvgIpc) is 3.09. The fourth-order valence-electron chi connectivity index (χ4n) is 2.22. The summed E-state index contributed by atoms with van der Waals surface area (Å²) in [5, 5.41) is 0. The molecule has 1 amide bonds. The molecule has 2 rings (SSSR count). The zero-order valence-electron chi connectivity index (χ0n) is 12.1. The molecule has 3 nitrogen and oxygen atoms in total. The van der Waals surface area contributed by atoms with Gasteiger partial charge in [-0.05, 0) is 29.9 Å². The van der Waals surface area contributed by atoms with Crippen molar-refractivity contribution in [3.05, 3.63) is 29.8 Å². The Morgan fingerprint density at radius 3 is 2.47 bits per heavy atom. The van der Waals surface area contributed by atoms with Gasteiger partial charge >= 0.3 is 0 Å². The van der Waals surface area contributed by atoms with Crippen LogP contribution in [0.2, 0.25) is 0 Å². The Morgan fingerprint density at radius 2 is 1.95 bits per heavy atom. The Kier molecular flexibility index (Phi) is 3.83. The normalized spacial score (nSPS) is 15.3. The maximum atomic E-state index is 12.4. The lowest BCUT2D eigenvalue weighted by molar-refractivity contribution is -0.134. The molecule has 0 bridgehead atoms. The molecule has 0 atom stereocenters. The molecule has 0 unspecified atom stereocenters. The van der Waals surface area contributed by atoms with Gasteiger partial charge in [0.25, 0.3) is 0 Å². The van der Waals surface area contributed by atoms with Crippen LogP contribution in [0, 0.1) is 5.41 Å². The highest BCUT2D eigenvalue weighted by molar-refractivity contribution is 5.77. The van der Waals surface area contributed by atoms with Crippen molar-refractivity contribution in [2.24, 2.45) is 5.41 Å². The van der Waals surface area contributed by atoms with E-state index in [-0.39, 0.29) is 11.3 Å². The van der Waals surface area contributed by atoms with Gasteiger partial charge in [0.05, 0.1) is 0 Å². The molecule has 1 fully saturated rings. The van der Waals surface area contributed by atoms with Gasteiger partial charge in [-0.2, -0.15) is 0 Å². The van der Waals surface area contributed by atoms with Gasteiger partial charge in [0.1, 0.15) is 0 Å². The first-order valence-electron chi connectivity index (χ1n) is 7.00. The van der Waals surface area contributed by atoms with Crippen LogP contribution in [0.4, 0.5) is 5.69 Å². The van der Waals surface area contributed by atoms with E-state index in [1.807, 2.05) is 29.2 Å². The highest BCUT2D eigenvalue weighted by atomic mass is 16.2. The van der Waals surface area contributed by atoms with Gasteiger partial charge in [0.2, 0.25) is 5.91 Å². The van der Waals surface area contributed by atoms with E-state index in [1.54, 1.807) is 0 Å². The van der Waals surface area contributed by atoms with Gasteiger partial charge in [0, 0.05) is 24.7 Å². The number of para-hydroxylation sites is 1. The van der Waals surface area contributed by atoms with Gasteiger partial charge in [-0.3, -0.25) is 4.79 Å². The van der Waals surface area contributed by atoms with E-state index in [1.165, 1.54) is 0 Å². The first kappa shape index (κ1) is 13.9. The van der Waals surface area contributed by atoms with Crippen LogP contribution in [0.3, 0.4) is 0 Å². The third kappa shape index (κ3) is 3.98. The molecule has 0 saturated heterocycles. The third-order valence-electron chi connectivity index (χ3n) is 3.39. The molecule has 1 aliphatic carbocycles. The summed E-state index contributed by atoms with van der Waals surface area (Å²) in [6, 6.07) is 8.24. The second-order valence-electron chi connectivity index (χ2n) is 6.69. The summed E-state index contributed by atoms with van der Waals surface area (Å²) in [4.78, 5) is 14.5. The first-order chi connectivity index (χ1) is 8.87. The number of amides is 1. The number of carbonyl (C=O) groups is 1. The molecule has 0 heterocycles. The number of nitrogen functional groups attached to an aromatic ring is 1. The minimum absolute atomic E-state index is 0.0342. The summed E-state index contributed by atoms with van der Waals surface area (Å²) >= 11 is 0. The Hall–Kier alpha value is -1.51. The number of hydrogen-bond acceptors (Lipinski definition) is 2. The van der Waals surface area contributed by atoms with Crippen molar-refractivity contribution in [1.82, 2.24) is 4.90 Å². The Balaban J connectivity index is 2.09. The predicted octanol–water partition coefficient (Wildman–Crippen LogP) is 3.20. The lowest BCUT2D eigenvalue weighted by Crippen LogP contribution is -2.35. The number of nitrogens with zero attached hydrogens (tertiary/aromatic N) is 1. The van der Waals surface area contributed by atoms with E-state index in [4.69, 9.17) is 5.73 Å². The van der Waals surface area contributed by atoms with Crippen molar-refractivity contribution in [3.8, 4) is 0 Å². The summed E-state index contributed by atoms with van der Waals surface area (Å²) in [5.41, 5.74) is 7.84. The Bertz CT molecular complexity index is 458. The second-order valence-corrected chi connectivity index (χ2v) is 6.69. The second kappa shape index (κ2) is 5.24. The van der Waals surface area contributed by atoms with Crippen LogP contribution in [0.15, 0.2) is 24.3 Å². The molecule has 1 aromatic carbocycles. The summed E-state index contributed by atoms with van der Waals surface area (Å²) in [6.45, 7) is 6.96. The molecular weight excluding hydrogens is 236 g/mol. The zero-order valence-corrected chi connectivity index (χ0v) is 12.1. The molecule has 1 aliphatic rings. The highest BCUT2D eigenvalue weighted by Crippen LogP contribution is 2.32. The number of benzene rings is 1. The van der Waals surface area contributed by atoms with Crippen molar-refractivity contribution in [2.45, 2.75) is 52.6 Å². The molecule has 2 N–H and O–H groups in total. The summed E-state index contributed by atoms with van der Waals surface area (Å²) < 4.78 is 0. The van der Waals surface area contributed by atoms with Crippen molar-refractivity contribution in [3.63, 3.8) is 0 Å². The van der Waals surface area contributed by atoms with Crippen LogP contribution in [0.25, 0.3) is 0 Å². The first-order valence-corrected chi connectivity index (χ1v) is 7.00. The molecule has 0 spiro atoms. The van der Waals surface area contributed by atoms with Gasteiger partial charge in [-0.25, -0.2) is 0 Å². The van der Waals surface area contributed by atoms with Crippen LogP contribution >= 0.6 is 0 Å². The summed E-state index contributed by atoms with van der Waals surface area (Å²) in [6.07, 6.45) is 2.85. The molecule has 19 heavy (non-hydrogen) atoms. The van der Waals surface area contributed by atoms with E-state index in [9.17, 15) is 4.79 Å². The predicted molar refractivity (Wildman–Crippen MR) is 78.5 cm³/mol. The van der Waals surface area contributed by atoms with Gasteiger partial charge in [-0.15, -0.1) is 0 Å². The monoisotopic (exact) mass is 260 g/mol. The molecule has 104 valence electrons. The average molecular weight is 260 g/mol. The summed E-state index contributed by atoms with van der Waals surface area (Å²) in [7, 11) is 0. The number of rotatable bonds is 4. The van der Waals surface area contributed by atoms with Crippen molar-refractivity contribution < 1.29 is 4.79 Å². The molecule has 0 radical (unpaired) electrons. The van der Waals surface area contributed by atoms with Crippen LogP contribution < -0.4 is 5.73 Å². The maximum Gasteiger partial charge on any atom is 0.223 e. The Morgan fingerprint density at radius 1 is 1.32 bits per heavy atom. The van der Waals surface area contributed by atoms with Crippen LogP contribution in [0.1, 0.15) is 45.6 Å². The van der Waals surface area contributed by atoms with Gasteiger partial charge in [0.15, 0.2) is 0 Å². The smallest absolute Gasteiger partial charge is 0.223 e. The largest absolute Gasteiger partial charge is 0.398 e. The fraction of sp³-hybridized carbons (Fsp3) is 0.562. The molecular formula is C16H24N2O. The van der Waals surface area contributed by atoms with Crippen molar-refractivity contribution in [2.75, 3.05) is 5.73 Å². The number of hydrogen-bond donors (Lipinski definition) is 1. The van der Waals surface area contributed by atoms with Gasteiger partial charge in [-0.1, -0.05) is 39.0 Å². The van der Waals surface area contributed by atoms with Crippen molar-refractivity contribution >= 4 is 11.6 Å². The number of nitrogens with two attached hydrogens (primary N) is 1. The number of anilines is 1. The van der Waals surface area contributed by atoms with Crippen LogP contribution in [-0.4, -0.2) is 16.8 Å². The van der Waals surface area contributed by atoms with E-state index < -0.39 is 0 Å². The minimum atomic E-state index is 0.0342. The molecule has 0 aliphatic heterocycles. The highest BCUT2D eigenvalue weighted by Gasteiger charge is 2.34. The van der Waals surface area contributed by atoms with Gasteiger partial charge < -0.3 is 10.6 Å². The van der Waals surface area contributed by atoms with E-state index in [0.717, 1.165) is 24.1 Å².